The first kappa shape index (κ1) is 17.0. The second-order valence-corrected chi connectivity index (χ2v) is 6.52. The summed E-state index contributed by atoms with van der Waals surface area (Å²) in [4.78, 5) is 25.6. The summed E-state index contributed by atoms with van der Waals surface area (Å²) in [6.07, 6.45) is 0.222. The molecular weight excluding hydrogens is 258 g/mol. The van der Waals surface area contributed by atoms with E-state index < -0.39 is 0 Å². The van der Waals surface area contributed by atoms with Crippen molar-refractivity contribution in [2.45, 2.75) is 34.1 Å². The number of methoxy groups -OCH3 is 2. The van der Waals surface area contributed by atoms with Crippen molar-refractivity contribution in [2.24, 2.45) is 16.7 Å². The predicted octanol–water partition coefficient (Wildman–Crippen LogP) is 1.71. The maximum Gasteiger partial charge on any atom is 0.307 e. The summed E-state index contributed by atoms with van der Waals surface area (Å²) in [5, 5.41) is 0. The lowest BCUT2D eigenvalue weighted by molar-refractivity contribution is -0.142. The first-order valence-electron chi connectivity index (χ1n) is 7.04. The molecule has 0 bridgehead atoms. The quantitative estimate of drug-likeness (QED) is 0.668. The number of nitrogens with zero attached hydrogens (tertiary/aromatic N) is 1. The van der Waals surface area contributed by atoms with Crippen molar-refractivity contribution < 1.29 is 19.1 Å². The average Bonchev–Trinajstić information content (AvgIpc) is 2.78. The van der Waals surface area contributed by atoms with E-state index in [1.165, 1.54) is 7.11 Å². The van der Waals surface area contributed by atoms with E-state index >= 15 is 0 Å². The summed E-state index contributed by atoms with van der Waals surface area (Å²) < 4.78 is 9.68. The Morgan fingerprint density at radius 2 is 1.60 bits per heavy atom. The molecule has 0 spiro atoms. The van der Waals surface area contributed by atoms with Gasteiger partial charge in [0.2, 0.25) is 5.91 Å². The number of carbonyl (C=O) groups is 2. The Morgan fingerprint density at radius 3 is 2.00 bits per heavy atom. The highest BCUT2D eigenvalue weighted by Gasteiger charge is 2.68. The lowest BCUT2D eigenvalue weighted by atomic mass is 10.0. The number of carbonyl (C=O) groups excluding carboxylic acids is 2. The lowest BCUT2D eigenvalue weighted by Gasteiger charge is -2.23. The maximum atomic E-state index is 12.7. The van der Waals surface area contributed by atoms with Gasteiger partial charge in [-0.1, -0.05) is 27.7 Å². The number of esters is 1. The number of hydrogen-bond acceptors (Lipinski definition) is 4. The maximum absolute atomic E-state index is 12.7. The average molecular weight is 285 g/mol. The molecule has 0 atom stereocenters. The minimum atomic E-state index is -0.297. The van der Waals surface area contributed by atoms with Crippen LogP contribution in [0.3, 0.4) is 0 Å². The van der Waals surface area contributed by atoms with Crippen molar-refractivity contribution in [3.63, 3.8) is 0 Å². The molecule has 1 fully saturated rings. The molecule has 5 nitrogen and oxygen atoms in total. The molecule has 116 valence electrons. The van der Waals surface area contributed by atoms with Crippen LogP contribution in [0.25, 0.3) is 0 Å². The molecule has 1 saturated carbocycles. The standard InChI is InChI=1S/C15H27NO4/c1-14(2)12(15(14,3)4)13(18)16(9-10-19-5)8-7-11(17)20-6/h12H,7-10H2,1-6H3. The van der Waals surface area contributed by atoms with Crippen LogP contribution in [0.2, 0.25) is 0 Å². The van der Waals surface area contributed by atoms with Gasteiger partial charge in [-0.25, -0.2) is 0 Å². The van der Waals surface area contributed by atoms with E-state index in [1.807, 2.05) is 0 Å². The summed E-state index contributed by atoms with van der Waals surface area (Å²) in [6, 6.07) is 0. The van der Waals surface area contributed by atoms with E-state index in [2.05, 4.69) is 32.4 Å². The van der Waals surface area contributed by atoms with Gasteiger partial charge >= 0.3 is 5.97 Å². The molecule has 20 heavy (non-hydrogen) atoms. The van der Waals surface area contributed by atoms with E-state index in [0.717, 1.165) is 0 Å². The van der Waals surface area contributed by atoms with Gasteiger partial charge in [-0.2, -0.15) is 0 Å². The van der Waals surface area contributed by atoms with E-state index in [0.29, 0.717) is 19.7 Å². The highest BCUT2D eigenvalue weighted by atomic mass is 16.5. The van der Waals surface area contributed by atoms with Gasteiger partial charge in [-0.05, 0) is 10.8 Å². The first-order valence-corrected chi connectivity index (χ1v) is 7.04. The Hall–Kier alpha value is -1.10. The molecule has 1 aliphatic rings. The molecule has 0 aliphatic heterocycles. The third-order valence-corrected chi connectivity index (χ3v) is 4.96. The SMILES string of the molecule is COCCN(CCC(=O)OC)C(=O)C1C(C)(C)C1(C)C. The summed E-state index contributed by atoms with van der Waals surface area (Å²) in [7, 11) is 2.96. The van der Waals surface area contributed by atoms with Crippen molar-refractivity contribution in [3.05, 3.63) is 0 Å². The van der Waals surface area contributed by atoms with E-state index in [9.17, 15) is 9.59 Å². The summed E-state index contributed by atoms with van der Waals surface area (Å²) in [5.74, 6) is -0.181. The first-order chi connectivity index (χ1) is 9.20. The molecule has 0 unspecified atom stereocenters. The third kappa shape index (κ3) is 3.14. The fourth-order valence-electron chi connectivity index (χ4n) is 2.86. The molecule has 0 aromatic carbocycles. The monoisotopic (exact) mass is 285 g/mol. The van der Waals surface area contributed by atoms with Crippen LogP contribution in [-0.2, 0) is 19.1 Å². The zero-order valence-electron chi connectivity index (χ0n) is 13.5. The topological polar surface area (TPSA) is 55.8 Å². The van der Waals surface area contributed by atoms with Crippen LogP contribution < -0.4 is 0 Å². The normalized spacial score (nSPS) is 19.5. The molecule has 1 aliphatic carbocycles. The lowest BCUT2D eigenvalue weighted by Crippen LogP contribution is -2.38. The highest BCUT2D eigenvalue weighted by molar-refractivity contribution is 5.84. The molecule has 5 heteroatoms. The number of hydrogen-bond donors (Lipinski definition) is 0. The predicted molar refractivity (Wildman–Crippen MR) is 76.1 cm³/mol. The van der Waals surface area contributed by atoms with Crippen LogP contribution in [0.1, 0.15) is 34.1 Å². The number of amides is 1. The van der Waals surface area contributed by atoms with E-state index in [1.54, 1.807) is 12.0 Å². The smallest absolute Gasteiger partial charge is 0.307 e. The Bertz CT molecular complexity index is 362. The van der Waals surface area contributed by atoms with E-state index in [-0.39, 0.29) is 35.0 Å². The van der Waals surface area contributed by atoms with Crippen LogP contribution >= 0.6 is 0 Å². The van der Waals surface area contributed by atoms with Gasteiger partial charge in [-0.15, -0.1) is 0 Å². The molecule has 0 heterocycles. The van der Waals surface area contributed by atoms with Crippen LogP contribution in [0.15, 0.2) is 0 Å². The van der Waals surface area contributed by atoms with Gasteiger partial charge < -0.3 is 14.4 Å². The second-order valence-electron chi connectivity index (χ2n) is 6.52. The molecule has 0 aromatic rings. The minimum absolute atomic E-state index is 0.000665. The molecule has 0 radical (unpaired) electrons. The van der Waals surface area contributed by atoms with Gasteiger partial charge in [0.05, 0.1) is 20.1 Å². The zero-order valence-corrected chi connectivity index (χ0v) is 13.5. The molecule has 0 aromatic heterocycles. The number of rotatable bonds is 7. The Morgan fingerprint density at radius 1 is 1.05 bits per heavy atom. The fourth-order valence-corrected chi connectivity index (χ4v) is 2.86. The van der Waals surface area contributed by atoms with Crippen molar-refractivity contribution in [2.75, 3.05) is 33.9 Å². The summed E-state index contributed by atoms with van der Waals surface area (Å²) in [6.45, 7) is 9.83. The number of ether oxygens (including phenoxy) is 2. The highest BCUT2D eigenvalue weighted by Crippen LogP contribution is 2.68. The largest absolute Gasteiger partial charge is 0.469 e. The van der Waals surface area contributed by atoms with Gasteiger partial charge in [0, 0.05) is 26.1 Å². The van der Waals surface area contributed by atoms with Crippen molar-refractivity contribution in [3.8, 4) is 0 Å². The van der Waals surface area contributed by atoms with Crippen molar-refractivity contribution in [1.82, 2.24) is 4.90 Å². The third-order valence-electron chi connectivity index (χ3n) is 4.96. The van der Waals surface area contributed by atoms with E-state index in [4.69, 9.17) is 4.74 Å². The van der Waals surface area contributed by atoms with Gasteiger partial charge in [0.15, 0.2) is 0 Å². The fraction of sp³-hybridized carbons (Fsp3) is 0.867. The molecular formula is C15H27NO4. The minimum Gasteiger partial charge on any atom is -0.469 e. The summed E-state index contributed by atoms with van der Waals surface area (Å²) in [5.41, 5.74) is 0.00133. The van der Waals surface area contributed by atoms with Crippen LogP contribution in [-0.4, -0.2) is 50.7 Å². The summed E-state index contributed by atoms with van der Waals surface area (Å²) >= 11 is 0. The van der Waals surface area contributed by atoms with Gasteiger partial charge in [-0.3, -0.25) is 9.59 Å². The Kier molecular flexibility index (Phi) is 5.19. The van der Waals surface area contributed by atoms with Crippen molar-refractivity contribution >= 4 is 11.9 Å². The van der Waals surface area contributed by atoms with Gasteiger partial charge in [0.1, 0.15) is 0 Å². The zero-order chi connectivity index (χ0) is 15.6. The molecule has 1 rings (SSSR count). The second kappa shape index (κ2) is 6.12. The van der Waals surface area contributed by atoms with Crippen LogP contribution in [0.4, 0.5) is 0 Å². The Labute approximate surface area is 121 Å². The van der Waals surface area contributed by atoms with Crippen LogP contribution in [0.5, 0.6) is 0 Å². The van der Waals surface area contributed by atoms with Crippen molar-refractivity contribution in [1.29, 1.82) is 0 Å². The van der Waals surface area contributed by atoms with Crippen LogP contribution in [0, 0.1) is 16.7 Å². The molecule has 0 saturated heterocycles. The molecule has 1 amide bonds. The van der Waals surface area contributed by atoms with Gasteiger partial charge in [0.25, 0.3) is 0 Å². The molecule has 0 N–H and O–H groups in total. The Balaban J connectivity index is 2.68.